The fraction of sp³-hybridized carbons (Fsp3) is 0.417. The zero-order chi connectivity index (χ0) is 21.5. The molecule has 0 rings (SSSR count). The van der Waals surface area contributed by atoms with Gasteiger partial charge in [0.1, 0.15) is 5.97 Å². The molecular formula is C12H13F3FeN2O6. The summed E-state index contributed by atoms with van der Waals surface area (Å²) in [7, 11) is 7.91. The molecule has 0 aliphatic heterocycles. The third-order valence-corrected chi connectivity index (χ3v) is 1.65. The Balaban J connectivity index is -0.0000000481. The molecule has 0 atom stereocenters. The van der Waals surface area contributed by atoms with Crippen molar-refractivity contribution in [2.24, 2.45) is 0 Å². The summed E-state index contributed by atoms with van der Waals surface area (Å²) in [5.41, 5.74) is 0. The maximum atomic E-state index is 10.5. The van der Waals surface area contributed by atoms with E-state index in [-0.39, 0.29) is 0 Å². The first-order valence-corrected chi connectivity index (χ1v) is 5.33. The SMILES string of the molecule is CN(C)[C](=[Fe])C=[N+](C)C.O=C([O-])C(F)(F)F.[C-]#[O+].[C-]#[O+].[C-]#[O+].[C-]#[O+]. The molecule has 0 amide bonds. The Bertz CT molecular complexity index is 412. The molecule has 0 heterocycles. The summed E-state index contributed by atoms with van der Waals surface area (Å²) in [5, 5.41) is 8.78. The minimum atomic E-state index is -5.19. The van der Waals surface area contributed by atoms with E-state index in [1.165, 1.54) is 0 Å². The molecule has 0 saturated carbocycles. The van der Waals surface area contributed by atoms with E-state index in [1.54, 1.807) is 0 Å². The van der Waals surface area contributed by atoms with Gasteiger partial charge < -0.3 is 9.90 Å². The van der Waals surface area contributed by atoms with Gasteiger partial charge in [-0.2, -0.15) is 13.2 Å². The molecule has 0 fully saturated rings. The summed E-state index contributed by atoms with van der Waals surface area (Å²) in [4.78, 5) is 10.8. The van der Waals surface area contributed by atoms with Crippen LogP contribution in [0.5, 0.6) is 0 Å². The third kappa shape index (κ3) is 50.0. The zero-order valence-corrected chi connectivity index (χ0v) is 14.0. The Kier molecular flexibility index (Phi) is 46.4. The molecule has 0 aromatic heterocycles. The molecule has 0 aliphatic rings. The van der Waals surface area contributed by atoms with Gasteiger partial charge >= 0.3 is 115 Å². The van der Waals surface area contributed by atoms with Gasteiger partial charge in [0.2, 0.25) is 0 Å². The first kappa shape index (κ1) is 38.0. The molecule has 0 bridgehead atoms. The van der Waals surface area contributed by atoms with Gasteiger partial charge in [-0.1, -0.05) is 0 Å². The normalized spacial score (nSPS) is 7.21. The molecule has 0 saturated heterocycles. The number of carbonyl (C=O) groups excluding carboxylic acids is 1. The average molecular weight is 394 g/mol. The second-order valence-corrected chi connectivity index (χ2v) is 3.65. The standard InChI is InChI=1S/C6H13N2.C2HF3O2.4CO.Fe/c1-7(2)5-6-8(3)4;3-2(4,5)1(6)7;4*1-2;/h5H,1-4H3;(H,6,7);;;;;/q+1;;;;;;/p-1. The van der Waals surface area contributed by atoms with Crippen molar-refractivity contribution in [1.29, 1.82) is 0 Å². The van der Waals surface area contributed by atoms with E-state index in [2.05, 4.69) is 42.2 Å². The number of aliphatic carboxylic acids is 1. The second-order valence-electron chi connectivity index (χ2n) is 3.08. The summed E-state index contributed by atoms with van der Waals surface area (Å²) in [6.45, 7) is 18.0. The molecule has 0 aliphatic carbocycles. The van der Waals surface area contributed by atoms with Crippen LogP contribution >= 0.6 is 0 Å². The molecule has 0 unspecified atom stereocenters. The van der Waals surface area contributed by atoms with Crippen molar-refractivity contribution in [1.82, 2.24) is 4.90 Å². The first-order valence-electron chi connectivity index (χ1n) is 4.78. The minimum absolute atomic E-state index is 1.01. The van der Waals surface area contributed by atoms with Gasteiger partial charge in [-0.3, -0.25) is 0 Å². The number of carboxylic acids is 1. The van der Waals surface area contributed by atoms with Crippen molar-refractivity contribution in [2.75, 3.05) is 28.2 Å². The molecule has 24 heavy (non-hydrogen) atoms. The van der Waals surface area contributed by atoms with Gasteiger partial charge in [-0.25, -0.2) is 0 Å². The molecule has 0 aromatic rings. The van der Waals surface area contributed by atoms with Crippen LogP contribution in [-0.2, 0) is 39.0 Å². The van der Waals surface area contributed by atoms with Gasteiger partial charge in [-0.05, 0) is 0 Å². The molecule has 0 spiro atoms. The van der Waals surface area contributed by atoms with Crippen LogP contribution in [0.1, 0.15) is 0 Å². The second kappa shape index (κ2) is 29.3. The Morgan fingerprint density at radius 2 is 1.25 bits per heavy atom. The molecular weight excluding hydrogens is 381 g/mol. The van der Waals surface area contributed by atoms with Crippen LogP contribution in [0.3, 0.4) is 0 Å². The summed E-state index contributed by atoms with van der Waals surface area (Å²) in [6, 6.07) is 0. The Morgan fingerprint density at radius 3 is 1.29 bits per heavy atom. The van der Waals surface area contributed by atoms with E-state index < -0.39 is 12.1 Å². The number of nitrogens with zero attached hydrogens (tertiary/aromatic N) is 2. The summed E-state index contributed by atoms with van der Waals surface area (Å²) >= 11 is 3.82. The third-order valence-electron chi connectivity index (χ3n) is 1.01. The molecule has 136 valence electrons. The van der Waals surface area contributed by atoms with Crippen LogP contribution in [0.2, 0.25) is 0 Å². The predicted molar refractivity (Wildman–Crippen MR) is 63.6 cm³/mol. The van der Waals surface area contributed by atoms with Gasteiger partial charge in [-0.15, -0.1) is 0 Å². The molecule has 0 N–H and O–H groups in total. The Hall–Kier alpha value is -1.76. The number of hydrogen-bond acceptors (Lipinski definition) is 3. The van der Waals surface area contributed by atoms with Gasteiger partial charge in [0.25, 0.3) is 0 Å². The summed E-state index contributed by atoms with van der Waals surface area (Å²) < 4.78 is 64.5. The Labute approximate surface area is 145 Å². The first-order chi connectivity index (χ1) is 11.0. The zero-order valence-electron chi connectivity index (χ0n) is 12.9. The topological polar surface area (TPSA) is 126 Å². The number of rotatable bonds is 2. The number of halogens is 3. The van der Waals surface area contributed by atoms with Crippen LogP contribution in [0.25, 0.3) is 0 Å². The predicted octanol–water partition coefficient (Wildman–Crippen LogP) is -1.28. The van der Waals surface area contributed by atoms with E-state index in [4.69, 9.17) is 28.5 Å². The van der Waals surface area contributed by atoms with Crippen molar-refractivity contribution in [3.05, 3.63) is 26.6 Å². The summed E-state index contributed by atoms with van der Waals surface area (Å²) in [6.07, 6.45) is -3.22. The molecule has 12 heteroatoms. The average Bonchev–Trinajstić information content (AvgIpc) is 2.54. The van der Waals surface area contributed by atoms with Crippen molar-refractivity contribution in [3.63, 3.8) is 0 Å². The van der Waals surface area contributed by atoms with E-state index in [0.717, 1.165) is 4.54 Å². The van der Waals surface area contributed by atoms with Gasteiger partial charge in [0.05, 0.1) is 0 Å². The molecule has 0 aromatic carbocycles. The van der Waals surface area contributed by atoms with Crippen molar-refractivity contribution in [2.45, 2.75) is 6.18 Å². The Morgan fingerprint density at radius 1 is 1.04 bits per heavy atom. The van der Waals surface area contributed by atoms with E-state index in [9.17, 15) is 13.2 Å². The molecule has 8 nitrogen and oxygen atoms in total. The van der Waals surface area contributed by atoms with Crippen LogP contribution in [0.15, 0.2) is 0 Å². The number of alkyl halides is 3. The fourth-order valence-corrected chi connectivity index (χ4v) is 0.607. The quantitative estimate of drug-likeness (QED) is 0.190. The van der Waals surface area contributed by atoms with E-state index in [0.29, 0.717) is 0 Å². The fourth-order valence-electron chi connectivity index (χ4n) is 0.322. The monoisotopic (exact) mass is 394 g/mol. The van der Waals surface area contributed by atoms with Gasteiger partial charge in [0, 0.05) is 0 Å². The maximum absolute atomic E-state index is 10.5. The molecule has 0 radical (unpaired) electrons. The summed E-state index contributed by atoms with van der Waals surface area (Å²) in [5.74, 6) is -3.01. The number of carboxylic acid groups (broad SMARTS) is 1. The van der Waals surface area contributed by atoms with E-state index in [1.807, 2.05) is 43.9 Å². The number of hydrogen-bond donors (Lipinski definition) is 0. The van der Waals surface area contributed by atoms with Crippen LogP contribution in [0.4, 0.5) is 13.2 Å². The van der Waals surface area contributed by atoms with Crippen molar-refractivity contribution in [3.8, 4) is 0 Å². The van der Waals surface area contributed by atoms with Crippen molar-refractivity contribution < 1.29 is 61.8 Å². The van der Waals surface area contributed by atoms with Crippen LogP contribution in [-0.4, -0.2) is 60.6 Å². The van der Waals surface area contributed by atoms with Gasteiger partial charge in [0.15, 0.2) is 0 Å². The van der Waals surface area contributed by atoms with Crippen LogP contribution in [0, 0.1) is 26.6 Å². The van der Waals surface area contributed by atoms with Crippen LogP contribution < -0.4 is 5.11 Å². The van der Waals surface area contributed by atoms with E-state index >= 15 is 0 Å². The number of carbonyl (C=O) groups is 1. The van der Waals surface area contributed by atoms with Crippen molar-refractivity contribution >= 4 is 16.7 Å².